The smallest absolute Gasteiger partial charge is 0.253 e. The maximum atomic E-state index is 5.25. The van der Waals surface area contributed by atoms with E-state index in [0.717, 1.165) is 42.5 Å². The first-order valence-electron chi connectivity index (χ1n) is 8.51. The van der Waals surface area contributed by atoms with E-state index in [-0.39, 0.29) is 0 Å². The lowest BCUT2D eigenvalue weighted by Gasteiger charge is -2.23. The van der Waals surface area contributed by atoms with E-state index in [1.165, 1.54) is 12.8 Å². The van der Waals surface area contributed by atoms with Crippen LogP contribution in [0.5, 0.6) is 0 Å². The molecule has 1 aliphatic rings. The van der Waals surface area contributed by atoms with Crippen molar-refractivity contribution < 1.29 is 4.74 Å². The van der Waals surface area contributed by atoms with Crippen LogP contribution in [0.15, 0.2) is 12.1 Å². The average Bonchev–Trinajstić information content (AvgIpc) is 2.92. The quantitative estimate of drug-likeness (QED) is 0.841. The molecule has 2 N–H and O–H groups in total. The average molecular weight is 330 g/mol. The van der Waals surface area contributed by atoms with Crippen molar-refractivity contribution in [1.82, 2.24) is 25.1 Å². The Morgan fingerprint density at radius 2 is 2.04 bits per heavy atom. The molecule has 0 bridgehead atoms. The summed E-state index contributed by atoms with van der Waals surface area (Å²) >= 11 is 0. The van der Waals surface area contributed by atoms with E-state index >= 15 is 0 Å². The topological polar surface area (TPSA) is 76.9 Å². The second kappa shape index (κ2) is 7.72. The lowest BCUT2D eigenvalue weighted by Crippen LogP contribution is -2.31. The monoisotopic (exact) mass is 330 g/mol. The molecule has 3 heterocycles. The first-order chi connectivity index (χ1) is 11.7. The molecule has 2 aromatic heterocycles. The van der Waals surface area contributed by atoms with Crippen LogP contribution < -0.4 is 10.6 Å². The number of hydrogen-bond donors (Lipinski definition) is 2. The summed E-state index contributed by atoms with van der Waals surface area (Å²) in [7, 11) is 1.67. The van der Waals surface area contributed by atoms with Crippen LogP contribution in [-0.2, 0) is 11.3 Å². The van der Waals surface area contributed by atoms with Crippen molar-refractivity contribution >= 4 is 5.82 Å². The molecule has 0 amide bonds. The number of nitrogens with zero attached hydrogens (tertiary/aromatic N) is 4. The predicted octanol–water partition coefficient (Wildman–Crippen LogP) is 1.84. The third-order valence-corrected chi connectivity index (χ3v) is 4.29. The van der Waals surface area contributed by atoms with Crippen LogP contribution in [0.4, 0.5) is 5.82 Å². The fourth-order valence-corrected chi connectivity index (χ4v) is 3.06. The third kappa shape index (κ3) is 4.10. The summed E-state index contributed by atoms with van der Waals surface area (Å²) in [5.41, 5.74) is 2.83. The highest BCUT2D eigenvalue weighted by atomic mass is 16.5. The number of methoxy groups -OCH3 is 1. The molecule has 0 aromatic carbocycles. The molecule has 130 valence electrons. The van der Waals surface area contributed by atoms with Gasteiger partial charge in [0.25, 0.3) is 5.95 Å². The summed E-state index contributed by atoms with van der Waals surface area (Å²) in [5.74, 6) is 2.10. The fourth-order valence-electron chi connectivity index (χ4n) is 3.06. The Labute approximate surface area is 142 Å². The fraction of sp³-hybridized carbons (Fsp3) is 0.588. The van der Waals surface area contributed by atoms with E-state index in [1.807, 2.05) is 26.0 Å². The second-order valence-electron chi connectivity index (χ2n) is 6.39. The van der Waals surface area contributed by atoms with Crippen LogP contribution in [-0.4, -0.2) is 46.5 Å². The lowest BCUT2D eigenvalue weighted by molar-refractivity contribution is 0.181. The minimum Gasteiger partial charge on any atom is -0.378 e. The molecule has 0 aliphatic carbocycles. The normalized spacial score (nSPS) is 15.6. The zero-order valence-corrected chi connectivity index (χ0v) is 14.7. The van der Waals surface area contributed by atoms with Crippen molar-refractivity contribution in [2.45, 2.75) is 33.3 Å². The first-order valence-corrected chi connectivity index (χ1v) is 8.51. The van der Waals surface area contributed by atoms with Gasteiger partial charge in [-0.1, -0.05) is 0 Å². The van der Waals surface area contributed by atoms with Gasteiger partial charge in [0.1, 0.15) is 5.82 Å². The maximum absolute atomic E-state index is 5.25. The molecule has 2 aromatic rings. The van der Waals surface area contributed by atoms with Gasteiger partial charge in [-0.3, -0.25) is 0 Å². The Balaban J connectivity index is 1.81. The summed E-state index contributed by atoms with van der Waals surface area (Å²) < 4.78 is 7.03. The van der Waals surface area contributed by atoms with Crippen LogP contribution in [0.2, 0.25) is 0 Å². The van der Waals surface area contributed by atoms with Crippen molar-refractivity contribution in [2.24, 2.45) is 5.92 Å². The summed E-state index contributed by atoms with van der Waals surface area (Å²) in [5, 5.41) is 11.4. The van der Waals surface area contributed by atoms with Gasteiger partial charge in [-0.05, 0) is 51.8 Å². The Morgan fingerprint density at radius 1 is 1.25 bits per heavy atom. The Morgan fingerprint density at radius 3 is 2.71 bits per heavy atom. The van der Waals surface area contributed by atoms with Crippen LogP contribution in [0.3, 0.4) is 0 Å². The van der Waals surface area contributed by atoms with Gasteiger partial charge in [-0.25, -0.2) is 9.67 Å². The van der Waals surface area contributed by atoms with Crippen LogP contribution in [0, 0.1) is 19.8 Å². The Hall–Kier alpha value is -1.99. The third-order valence-electron chi connectivity index (χ3n) is 4.29. The van der Waals surface area contributed by atoms with Crippen molar-refractivity contribution in [2.75, 3.05) is 32.1 Å². The van der Waals surface area contributed by atoms with E-state index in [1.54, 1.807) is 11.8 Å². The minimum absolute atomic E-state index is 0.455. The SMILES string of the molecule is COCc1cc(NCC2CCNCC2)nc(-n2nc(C)cc2C)n1. The van der Waals surface area contributed by atoms with Gasteiger partial charge in [0.15, 0.2) is 0 Å². The first kappa shape index (κ1) is 16.9. The molecule has 7 nitrogen and oxygen atoms in total. The number of aromatic nitrogens is 4. The largest absolute Gasteiger partial charge is 0.378 e. The molecule has 7 heteroatoms. The van der Waals surface area contributed by atoms with Gasteiger partial charge >= 0.3 is 0 Å². The molecule has 24 heavy (non-hydrogen) atoms. The molecular weight excluding hydrogens is 304 g/mol. The summed E-state index contributed by atoms with van der Waals surface area (Å²) in [6, 6.07) is 3.98. The number of hydrogen-bond acceptors (Lipinski definition) is 6. The number of anilines is 1. The Bertz CT molecular complexity index is 678. The highest BCUT2D eigenvalue weighted by Crippen LogP contribution is 2.16. The standard InChI is InChI=1S/C17H26N6O/c1-12-8-13(2)23(22-12)17-20-15(11-24-3)9-16(21-17)19-10-14-4-6-18-7-5-14/h8-9,14,18H,4-7,10-11H2,1-3H3,(H,19,20,21). The van der Waals surface area contributed by atoms with Crippen molar-refractivity contribution in [1.29, 1.82) is 0 Å². The van der Waals surface area contributed by atoms with Gasteiger partial charge in [0.05, 0.1) is 18.0 Å². The molecule has 3 rings (SSSR count). The Kier molecular flexibility index (Phi) is 5.42. The number of aryl methyl sites for hydroxylation is 2. The maximum Gasteiger partial charge on any atom is 0.253 e. The van der Waals surface area contributed by atoms with Gasteiger partial charge in [0, 0.05) is 25.4 Å². The molecular formula is C17H26N6O. The molecule has 1 aliphatic heterocycles. The molecule has 0 saturated carbocycles. The summed E-state index contributed by atoms with van der Waals surface area (Å²) in [6.45, 7) is 7.57. The zero-order valence-electron chi connectivity index (χ0n) is 14.7. The zero-order chi connectivity index (χ0) is 16.9. The summed E-state index contributed by atoms with van der Waals surface area (Å²) in [4.78, 5) is 9.23. The number of ether oxygens (including phenoxy) is 1. The molecule has 0 atom stereocenters. The van der Waals surface area contributed by atoms with Crippen molar-refractivity contribution in [3.63, 3.8) is 0 Å². The molecule has 0 radical (unpaired) electrons. The van der Waals surface area contributed by atoms with E-state index in [4.69, 9.17) is 4.74 Å². The van der Waals surface area contributed by atoms with E-state index < -0.39 is 0 Å². The van der Waals surface area contributed by atoms with Crippen LogP contribution in [0.25, 0.3) is 5.95 Å². The second-order valence-corrected chi connectivity index (χ2v) is 6.39. The number of nitrogens with one attached hydrogen (secondary N) is 2. The lowest BCUT2D eigenvalue weighted by atomic mass is 9.98. The van der Waals surface area contributed by atoms with Gasteiger partial charge in [-0.2, -0.15) is 10.1 Å². The van der Waals surface area contributed by atoms with Crippen LogP contribution in [0.1, 0.15) is 29.9 Å². The molecule has 1 fully saturated rings. The molecule has 0 spiro atoms. The van der Waals surface area contributed by atoms with Crippen LogP contribution >= 0.6 is 0 Å². The summed E-state index contributed by atoms with van der Waals surface area (Å²) in [6.07, 6.45) is 2.40. The molecule has 0 unspecified atom stereocenters. The highest BCUT2D eigenvalue weighted by molar-refractivity contribution is 5.39. The van der Waals surface area contributed by atoms with Gasteiger partial charge in [0.2, 0.25) is 0 Å². The minimum atomic E-state index is 0.455. The predicted molar refractivity (Wildman–Crippen MR) is 93.4 cm³/mol. The number of rotatable bonds is 6. The van der Waals surface area contributed by atoms with Crippen molar-refractivity contribution in [3.05, 3.63) is 29.2 Å². The number of piperidine rings is 1. The van der Waals surface area contributed by atoms with Crippen molar-refractivity contribution in [3.8, 4) is 5.95 Å². The highest BCUT2D eigenvalue weighted by Gasteiger charge is 2.14. The van der Waals surface area contributed by atoms with Gasteiger partial charge in [-0.15, -0.1) is 0 Å². The van der Waals surface area contributed by atoms with Gasteiger partial charge < -0.3 is 15.4 Å². The molecule has 1 saturated heterocycles. The van der Waals surface area contributed by atoms with E-state index in [0.29, 0.717) is 18.5 Å². The van der Waals surface area contributed by atoms with E-state index in [9.17, 15) is 0 Å². The van der Waals surface area contributed by atoms with E-state index in [2.05, 4.69) is 25.7 Å².